The lowest BCUT2D eigenvalue weighted by Crippen LogP contribution is -2.31. The second-order valence-corrected chi connectivity index (χ2v) is 7.15. The van der Waals surface area contributed by atoms with Gasteiger partial charge < -0.3 is 19.5 Å². The van der Waals surface area contributed by atoms with E-state index < -0.39 is 5.97 Å². The molecule has 30 heavy (non-hydrogen) atoms. The second-order valence-electron chi connectivity index (χ2n) is 7.15. The molecule has 3 aromatic rings. The van der Waals surface area contributed by atoms with Gasteiger partial charge in [0.15, 0.2) is 18.1 Å². The summed E-state index contributed by atoms with van der Waals surface area (Å²) in [5.41, 5.74) is 1.32. The molecule has 0 spiro atoms. The zero-order chi connectivity index (χ0) is 20.9. The van der Waals surface area contributed by atoms with Crippen LogP contribution in [0.1, 0.15) is 35.3 Å². The molecule has 1 aliphatic heterocycles. The highest BCUT2D eigenvalue weighted by Crippen LogP contribution is 2.30. The highest BCUT2D eigenvalue weighted by molar-refractivity contribution is 5.92. The molecule has 6 nitrogen and oxygen atoms in total. The van der Waals surface area contributed by atoms with E-state index in [1.807, 2.05) is 49.4 Å². The highest BCUT2D eigenvalue weighted by atomic mass is 16.5. The van der Waals surface area contributed by atoms with E-state index in [2.05, 4.69) is 5.32 Å². The summed E-state index contributed by atoms with van der Waals surface area (Å²) in [4.78, 5) is 24.7. The predicted octanol–water partition coefficient (Wildman–Crippen LogP) is 4.04. The molecule has 1 unspecified atom stereocenters. The van der Waals surface area contributed by atoms with Gasteiger partial charge in [0.25, 0.3) is 5.91 Å². The Kier molecular flexibility index (Phi) is 5.84. The summed E-state index contributed by atoms with van der Waals surface area (Å²) in [6.07, 6.45) is 0.781. The van der Waals surface area contributed by atoms with Gasteiger partial charge in [-0.05, 0) is 41.5 Å². The van der Waals surface area contributed by atoms with Gasteiger partial charge in [0.1, 0.15) is 0 Å². The molecule has 154 valence electrons. The number of amides is 1. The van der Waals surface area contributed by atoms with E-state index in [9.17, 15) is 9.59 Å². The van der Waals surface area contributed by atoms with Crippen molar-refractivity contribution in [2.24, 2.45) is 0 Å². The van der Waals surface area contributed by atoms with Crippen LogP contribution in [0.5, 0.6) is 11.5 Å². The third kappa shape index (κ3) is 4.38. The van der Waals surface area contributed by atoms with Crippen LogP contribution in [0.2, 0.25) is 0 Å². The van der Waals surface area contributed by atoms with E-state index in [1.54, 1.807) is 18.2 Å². The van der Waals surface area contributed by atoms with Crippen LogP contribution in [0.4, 0.5) is 0 Å². The van der Waals surface area contributed by atoms with Crippen molar-refractivity contribution in [2.75, 3.05) is 19.8 Å². The van der Waals surface area contributed by atoms with E-state index in [1.165, 1.54) is 0 Å². The number of carbonyl (C=O) groups is 2. The summed E-state index contributed by atoms with van der Waals surface area (Å²) in [6.45, 7) is 2.65. The molecule has 6 heteroatoms. The first-order valence-corrected chi connectivity index (χ1v) is 9.95. The van der Waals surface area contributed by atoms with Gasteiger partial charge in [0.2, 0.25) is 0 Å². The van der Waals surface area contributed by atoms with Crippen LogP contribution in [-0.4, -0.2) is 31.7 Å². The van der Waals surface area contributed by atoms with Gasteiger partial charge in [-0.3, -0.25) is 4.79 Å². The lowest BCUT2D eigenvalue weighted by molar-refractivity contribution is -0.124. The monoisotopic (exact) mass is 405 g/mol. The second kappa shape index (κ2) is 8.86. The first-order chi connectivity index (χ1) is 14.6. The zero-order valence-corrected chi connectivity index (χ0v) is 16.7. The number of hydrogen-bond donors (Lipinski definition) is 1. The molecule has 1 aliphatic rings. The molecule has 1 heterocycles. The molecule has 3 aromatic carbocycles. The number of nitrogens with one attached hydrogen (secondary N) is 1. The Balaban J connectivity index is 1.36. The molecular weight excluding hydrogens is 382 g/mol. The Morgan fingerprint density at radius 3 is 2.63 bits per heavy atom. The van der Waals surface area contributed by atoms with Crippen LogP contribution in [0.15, 0.2) is 60.7 Å². The van der Waals surface area contributed by atoms with Crippen molar-refractivity contribution < 1.29 is 23.8 Å². The molecule has 0 fully saturated rings. The molecule has 0 bridgehead atoms. The van der Waals surface area contributed by atoms with E-state index in [0.29, 0.717) is 30.3 Å². The fourth-order valence-corrected chi connectivity index (χ4v) is 3.49. The van der Waals surface area contributed by atoms with Gasteiger partial charge in [-0.25, -0.2) is 4.79 Å². The Bertz CT molecular complexity index is 1070. The van der Waals surface area contributed by atoms with Crippen molar-refractivity contribution in [2.45, 2.75) is 19.4 Å². The number of carbonyl (C=O) groups excluding carboxylic acids is 2. The smallest absolute Gasteiger partial charge is 0.338 e. The van der Waals surface area contributed by atoms with E-state index in [0.717, 1.165) is 22.8 Å². The molecule has 0 saturated heterocycles. The van der Waals surface area contributed by atoms with Gasteiger partial charge in [-0.2, -0.15) is 0 Å². The topological polar surface area (TPSA) is 73.9 Å². The average Bonchev–Trinajstić information content (AvgIpc) is 3.02. The lowest BCUT2D eigenvalue weighted by atomic mass is 10.00. The quantitative estimate of drug-likeness (QED) is 0.649. The van der Waals surface area contributed by atoms with Crippen LogP contribution >= 0.6 is 0 Å². The molecule has 1 atom stereocenters. The van der Waals surface area contributed by atoms with Crippen molar-refractivity contribution in [1.82, 2.24) is 5.32 Å². The van der Waals surface area contributed by atoms with E-state index in [-0.39, 0.29) is 18.6 Å². The number of benzene rings is 3. The maximum absolute atomic E-state index is 12.4. The minimum atomic E-state index is -0.585. The Labute approximate surface area is 174 Å². The normalized spacial score (nSPS) is 13.9. The highest BCUT2D eigenvalue weighted by Gasteiger charge is 2.17. The molecule has 1 N–H and O–H groups in total. The molecule has 0 saturated carbocycles. The largest absolute Gasteiger partial charge is 0.490 e. The summed E-state index contributed by atoms with van der Waals surface area (Å²) in [5.74, 6) is 0.165. The van der Waals surface area contributed by atoms with Crippen molar-refractivity contribution >= 4 is 22.6 Å². The van der Waals surface area contributed by atoms with Gasteiger partial charge >= 0.3 is 5.97 Å². The maximum atomic E-state index is 12.4. The van der Waals surface area contributed by atoms with Crippen LogP contribution < -0.4 is 14.8 Å². The standard InChI is InChI=1S/C24H23NO5/c1-16(19-9-4-7-17-6-2-3-8-20(17)19)25-23(26)15-30-24(27)18-10-11-21-22(14-18)29-13-5-12-28-21/h2-4,6-11,14,16H,5,12-13,15H2,1H3,(H,25,26). The number of rotatable bonds is 5. The van der Waals surface area contributed by atoms with Crippen molar-refractivity contribution in [1.29, 1.82) is 0 Å². The third-order valence-electron chi connectivity index (χ3n) is 4.98. The molecule has 0 radical (unpaired) electrons. The fraction of sp³-hybridized carbons (Fsp3) is 0.250. The van der Waals surface area contributed by atoms with Crippen LogP contribution in [0.3, 0.4) is 0 Å². The summed E-state index contributed by atoms with van der Waals surface area (Å²) < 4.78 is 16.3. The maximum Gasteiger partial charge on any atom is 0.338 e. The third-order valence-corrected chi connectivity index (χ3v) is 4.98. The van der Waals surface area contributed by atoms with E-state index >= 15 is 0 Å². The summed E-state index contributed by atoms with van der Waals surface area (Å²) in [6, 6.07) is 18.6. The molecule has 0 aliphatic carbocycles. The Morgan fingerprint density at radius 2 is 1.77 bits per heavy atom. The van der Waals surface area contributed by atoms with E-state index in [4.69, 9.17) is 14.2 Å². The number of esters is 1. The first-order valence-electron chi connectivity index (χ1n) is 9.95. The van der Waals surface area contributed by atoms with Gasteiger partial charge in [0, 0.05) is 6.42 Å². The Morgan fingerprint density at radius 1 is 1.00 bits per heavy atom. The van der Waals surface area contributed by atoms with Crippen molar-refractivity contribution in [3.63, 3.8) is 0 Å². The fourth-order valence-electron chi connectivity index (χ4n) is 3.49. The molecule has 1 amide bonds. The zero-order valence-electron chi connectivity index (χ0n) is 16.7. The Hall–Kier alpha value is -3.54. The minimum Gasteiger partial charge on any atom is -0.490 e. The average molecular weight is 405 g/mol. The summed E-state index contributed by atoms with van der Waals surface area (Å²) in [5, 5.41) is 5.08. The van der Waals surface area contributed by atoms with Gasteiger partial charge in [-0.15, -0.1) is 0 Å². The van der Waals surface area contributed by atoms with Crippen LogP contribution in [0, 0.1) is 0 Å². The molecular formula is C24H23NO5. The van der Waals surface area contributed by atoms with Crippen LogP contribution in [-0.2, 0) is 9.53 Å². The number of hydrogen-bond acceptors (Lipinski definition) is 5. The number of fused-ring (bicyclic) bond motifs is 2. The SMILES string of the molecule is CC(NC(=O)COC(=O)c1ccc2c(c1)OCCCO2)c1cccc2ccccc12. The predicted molar refractivity (Wildman–Crippen MR) is 113 cm³/mol. The molecule has 0 aromatic heterocycles. The van der Waals surface area contributed by atoms with Crippen molar-refractivity contribution in [3.05, 3.63) is 71.8 Å². The first kappa shape index (κ1) is 19.8. The van der Waals surface area contributed by atoms with Crippen molar-refractivity contribution in [3.8, 4) is 11.5 Å². The van der Waals surface area contributed by atoms with Gasteiger partial charge in [0.05, 0.1) is 24.8 Å². The molecule has 4 rings (SSSR count). The number of ether oxygens (including phenoxy) is 3. The van der Waals surface area contributed by atoms with Crippen LogP contribution in [0.25, 0.3) is 10.8 Å². The minimum absolute atomic E-state index is 0.222. The van der Waals surface area contributed by atoms with Gasteiger partial charge in [-0.1, -0.05) is 42.5 Å². The lowest BCUT2D eigenvalue weighted by Gasteiger charge is -2.17. The summed E-state index contributed by atoms with van der Waals surface area (Å²) in [7, 11) is 0. The summed E-state index contributed by atoms with van der Waals surface area (Å²) >= 11 is 0.